The summed E-state index contributed by atoms with van der Waals surface area (Å²) in [5.74, 6) is -8.27. The van der Waals surface area contributed by atoms with Gasteiger partial charge in [0.15, 0.2) is 0 Å². The molecule has 1 aromatic heterocycles. The molecule has 136 valence electrons. The van der Waals surface area contributed by atoms with E-state index in [1.807, 2.05) is 0 Å². The number of phenols is 1. The molecule has 3 rings (SSSR count). The van der Waals surface area contributed by atoms with Crippen LogP contribution in [0.3, 0.4) is 0 Å². The topological polar surface area (TPSA) is 93.7 Å². The third-order valence-electron chi connectivity index (χ3n) is 3.93. The molecule has 0 aliphatic carbocycles. The highest BCUT2D eigenvalue weighted by Gasteiger charge is 2.59. The van der Waals surface area contributed by atoms with Crippen molar-refractivity contribution in [2.75, 3.05) is 0 Å². The van der Waals surface area contributed by atoms with E-state index < -0.39 is 28.8 Å². The molecule has 9 heteroatoms. The molecular formula is C17H9F2I2O5-. The molecule has 0 saturated heterocycles. The highest BCUT2D eigenvalue weighted by atomic mass is 127. The van der Waals surface area contributed by atoms with E-state index in [-0.39, 0.29) is 18.5 Å². The Morgan fingerprint density at radius 2 is 1.69 bits per heavy atom. The first kappa shape index (κ1) is 19.3. The second kappa shape index (κ2) is 6.60. The van der Waals surface area contributed by atoms with Crippen molar-refractivity contribution in [3.05, 3.63) is 60.9 Å². The van der Waals surface area contributed by atoms with Crippen LogP contribution in [0.25, 0.3) is 11.0 Å². The molecular weight excluding hydrogens is 576 g/mol. The van der Waals surface area contributed by atoms with Gasteiger partial charge in [-0.3, -0.25) is 0 Å². The number of halogens is 4. The van der Waals surface area contributed by atoms with Crippen molar-refractivity contribution in [3.8, 4) is 5.75 Å². The van der Waals surface area contributed by atoms with Crippen molar-refractivity contribution in [1.82, 2.24) is 0 Å². The van der Waals surface area contributed by atoms with E-state index in [1.165, 1.54) is 6.07 Å². The number of hydrogen-bond acceptors (Lipinski definition) is 5. The number of carbonyl (C=O) groups is 1. The van der Waals surface area contributed by atoms with E-state index in [9.17, 15) is 28.9 Å². The first-order valence-corrected chi connectivity index (χ1v) is 9.24. The summed E-state index contributed by atoms with van der Waals surface area (Å²) >= 11 is 3.38. The fourth-order valence-corrected chi connectivity index (χ4v) is 4.33. The predicted molar refractivity (Wildman–Crippen MR) is 103 cm³/mol. The number of phenolic OH excluding ortho intramolecular Hbond substituents is 1. The van der Waals surface area contributed by atoms with Crippen molar-refractivity contribution in [1.29, 1.82) is 0 Å². The number of carboxylic acids is 1. The molecule has 0 radical (unpaired) electrons. The summed E-state index contributed by atoms with van der Waals surface area (Å²) < 4.78 is 34.9. The maximum Gasteiger partial charge on any atom is 0.326 e. The number of rotatable bonds is 4. The Kier molecular flexibility index (Phi) is 4.90. The minimum atomic E-state index is -4.70. The smallest absolute Gasteiger partial charge is 0.326 e. The number of furan rings is 1. The van der Waals surface area contributed by atoms with E-state index >= 15 is 0 Å². The first-order chi connectivity index (χ1) is 12.1. The van der Waals surface area contributed by atoms with Gasteiger partial charge < -0.3 is 24.5 Å². The van der Waals surface area contributed by atoms with Crippen molar-refractivity contribution in [3.63, 3.8) is 0 Å². The fourth-order valence-electron chi connectivity index (χ4n) is 2.56. The number of para-hydroxylation sites is 1. The fraction of sp³-hybridized carbons (Fsp3) is 0.118. The number of aliphatic hydroxyl groups is 1. The molecule has 0 aliphatic heterocycles. The summed E-state index contributed by atoms with van der Waals surface area (Å²) in [5, 5.41) is 32.4. The lowest BCUT2D eigenvalue weighted by Crippen LogP contribution is -2.56. The second-order valence-corrected chi connectivity index (χ2v) is 7.83. The van der Waals surface area contributed by atoms with Gasteiger partial charge in [0.25, 0.3) is 0 Å². The lowest BCUT2D eigenvalue weighted by atomic mass is 9.84. The van der Waals surface area contributed by atoms with Gasteiger partial charge in [-0.2, -0.15) is 8.78 Å². The van der Waals surface area contributed by atoms with Gasteiger partial charge >= 0.3 is 5.92 Å². The first-order valence-electron chi connectivity index (χ1n) is 7.08. The van der Waals surface area contributed by atoms with Crippen LogP contribution in [0.5, 0.6) is 5.75 Å². The molecule has 0 saturated carbocycles. The highest BCUT2D eigenvalue weighted by Crippen LogP contribution is 2.46. The number of alkyl halides is 2. The van der Waals surface area contributed by atoms with Crippen LogP contribution in [0.4, 0.5) is 8.78 Å². The van der Waals surface area contributed by atoms with E-state index in [0.717, 1.165) is 18.2 Å². The zero-order chi connectivity index (χ0) is 19.3. The van der Waals surface area contributed by atoms with Crippen molar-refractivity contribution < 1.29 is 33.3 Å². The number of fused-ring (bicyclic) bond motifs is 1. The number of aliphatic carboxylic acids is 1. The average Bonchev–Trinajstić information content (AvgIpc) is 3.02. The maximum absolute atomic E-state index is 14.6. The van der Waals surface area contributed by atoms with E-state index in [0.29, 0.717) is 5.39 Å². The van der Waals surface area contributed by atoms with Gasteiger partial charge in [-0.05, 0) is 69.4 Å². The number of aromatic hydroxyl groups is 1. The molecule has 2 aromatic carbocycles. The summed E-state index contributed by atoms with van der Waals surface area (Å²) in [6.07, 6.45) is 0. The van der Waals surface area contributed by atoms with Crippen molar-refractivity contribution >= 4 is 62.1 Å². The van der Waals surface area contributed by atoms with Crippen LogP contribution in [0.15, 0.2) is 46.9 Å². The van der Waals surface area contributed by atoms with Gasteiger partial charge in [-0.25, -0.2) is 0 Å². The molecule has 2 N–H and O–H groups in total. The van der Waals surface area contributed by atoms with E-state index in [4.69, 9.17) is 4.42 Å². The predicted octanol–water partition coefficient (Wildman–Crippen LogP) is 2.97. The van der Waals surface area contributed by atoms with Crippen molar-refractivity contribution in [2.24, 2.45) is 0 Å². The quantitative estimate of drug-likeness (QED) is 0.460. The van der Waals surface area contributed by atoms with Gasteiger partial charge in [-0.1, -0.05) is 18.2 Å². The normalized spacial score (nSPS) is 14.3. The van der Waals surface area contributed by atoms with Gasteiger partial charge in [0.1, 0.15) is 23.1 Å². The van der Waals surface area contributed by atoms with Crippen LogP contribution in [-0.4, -0.2) is 22.1 Å². The van der Waals surface area contributed by atoms with Crippen molar-refractivity contribution in [2.45, 2.75) is 11.5 Å². The van der Waals surface area contributed by atoms with Crippen LogP contribution < -0.4 is 5.11 Å². The zero-order valence-electron chi connectivity index (χ0n) is 12.7. The molecule has 0 aliphatic rings. The molecule has 0 spiro atoms. The van der Waals surface area contributed by atoms with Gasteiger partial charge in [0.05, 0.1) is 7.14 Å². The standard InChI is InChI=1S/C17H10F2I2O5/c18-17(19,15(23)24)16(25,9-6-10(20)14(22)11(21)7-9)13-5-8-3-1-2-4-12(8)26-13/h1-7,22,25H,(H,23,24)/p-1. The summed E-state index contributed by atoms with van der Waals surface area (Å²) in [4.78, 5) is 11.2. The molecule has 1 atom stereocenters. The third kappa shape index (κ3) is 2.85. The Balaban J connectivity index is 2.35. The summed E-state index contributed by atoms with van der Waals surface area (Å²) in [7, 11) is 0. The molecule has 26 heavy (non-hydrogen) atoms. The number of hydrogen-bond donors (Lipinski definition) is 2. The van der Waals surface area contributed by atoms with E-state index in [1.54, 1.807) is 63.4 Å². The molecule has 1 heterocycles. The number of carbonyl (C=O) groups excluding carboxylic acids is 1. The number of benzene rings is 2. The van der Waals surface area contributed by atoms with E-state index in [2.05, 4.69) is 0 Å². The molecule has 3 aromatic rings. The molecule has 0 fully saturated rings. The SMILES string of the molecule is O=C([O-])C(F)(F)C(O)(c1cc(I)c(O)c(I)c1)c1cc2ccccc2o1. The van der Waals surface area contributed by atoms with Crippen LogP contribution in [0, 0.1) is 7.14 Å². The maximum atomic E-state index is 14.6. The average molecular weight is 585 g/mol. The Morgan fingerprint density at radius 1 is 1.12 bits per heavy atom. The van der Waals surface area contributed by atoms with Gasteiger partial charge in [0, 0.05) is 10.9 Å². The Morgan fingerprint density at radius 3 is 2.23 bits per heavy atom. The van der Waals surface area contributed by atoms with Crippen LogP contribution in [0.2, 0.25) is 0 Å². The molecule has 5 nitrogen and oxygen atoms in total. The Hall–Kier alpha value is -1.47. The summed E-state index contributed by atoms with van der Waals surface area (Å²) in [6.45, 7) is 0. The van der Waals surface area contributed by atoms with Gasteiger partial charge in [0.2, 0.25) is 5.60 Å². The van der Waals surface area contributed by atoms with Crippen LogP contribution in [0.1, 0.15) is 11.3 Å². The lowest BCUT2D eigenvalue weighted by molar-refractivity contribution is -0.343. The van der Waals surface area contributed by atoms with Crippen LogP contribution in [-0.2, 0) is 10.4 Å². The lowest BCUT2D eigenvalue weighted by Gasteiger charge is -2.35. The summed E-state index contributed by atoms with van der Waals surface area (Å²) in [5.41, 5.74) is -3.58. The Labute approximate surface area is 172 Å². The summed E-state index contributed by atoms with van der Waals surface area (Å²) in [6, 6.07) is 9.62. The third-order valence-corrected chi connectivity index (χ3v) is 5.57. The largest absolute Gasteiger partial charge is 0.544 e. The zero-order valence-corrected chi connectivity index (χ0v) is 17.0. The minimum Gasteiger partial charge on any atom is -0.544 e. The molecule has 1 unspecified atom stereocenters. The molecule has 0 bridgehead atoms. The second-order valence-electron chi connectivity index (χ2n) is 5.51. The monoisotopic (exact) mass is 585 g/mol. The highest BCUT2D eigenvalue weighted by molar-refractivity contribution is 14.1. The molecule has 0 amide bonds. The van der Waals surface area contributed by atoms with Crippen LogP contribution >= 0.6 is 45.2 Å². The number of carboxylic acid groups (broad SMARTS) is 1. The Bertz CT molecular complexity index is 961. The van der Waals surface area contributed by atoms with Gasteiger partial charge in [-0.15, -0.1) is 0 Å². The minimum absolute atomic E-state index is 0.160.